The second-order valence-corrected chi connectivity index (χ2v) is 5.53. The van der Waals surface area contributed by atoms with Crippen molar-refractivity contribution in [3.8, 4) is 0 Å². The van der Waals surface area contributed by atoms with Crippen LogP contribution in [0.4, 0.5) is 0 Å². The smallest absolute Gasteiger partial charge is 0.110 e. The van der Waals surface area contributed by atoms with Crippen LogP contribution < -0.4 is 0 Å². The summed E-state index contributed by atoms with van der Waals surface area (Å²) in [4.78, 5) is 0. The number of nitrogens with one attached hydrogen (secondary N) is 1. The molecule has 1 fully saturated rings. The SMILES string of the molecule is OC(c1cnn(CC2CC2)c1)c1c[nH]nc1CI. The first-order valence-electron chi connectivity index (χ1n) is 6.07. The second kappa shape index (κ2) is 5.00. The Kier molecular flexibility index (Phi) is 3.38. The number of hydrogen-bond acceptors (Lipinski definition) is 3. The summed E-state index contributed by atoms with van der Waals surface area (Å²) >= 11 is 2.24. The number of H-pyrrole nitrogens is 1. The predicted octanol–water partition coefficient (Wildman–Crippen LogP) is 2.03. The summed E-state index contributed by atoms with van der Waals surface area (Å²) in [6.07, 6.45) is 7.42. The minimum absolute atomic E-state index is 0.638. The number of alkyl halides is 1. The average Bonchev–Trinajstić information content (AvgIpc) is 2.91. The molecule has 96 valence electrons. The van der Waals surface area contributed by atoms with Crippen LogP contribution in [0.3, 0.4) is 0 Å². The lowest BCUT2D eigenvalue weighted by Crippen LogP contribution is -2.01. The van der Waals surface area contributed by atoms with Gasteiger partial charge in [-0.05, 0) is 18.8 Å². The van der Waals surface area contributed by atoms with Crippen molar-refractivity contribution in [1.82, 2.24) is 20.0 Å². The molecule has 2 heterocycles. The van der Waals surface area contributed by atoms with Crippen molar-refractivity contribution in [1.29, 1.82) is 0 Å². The summed E-state index contributed by atoms with van der Waals surface area (Å²) in [7, 11) is 0. The number of aromatic nitrogens is 4. The van der Waals surface area contributed by atoms with Gasteiger partial charge in [-0.3, -0.25) is 9.78 Å². The maximum absolute atomic E-state index is 10.3. The Morgan fingerprint density at radius 1 is 1.56 bits per heavy atom. The molecule has 2 aromatic heterocycles. The third-order valence-corrected chi connectivity index (χ3v) is 4.01. The van der Waals surface area contributed by atoms with Crippen LogP contribution in [0, 0.1) is 5.92 Å². The normalized spacial score (nSPS) is 17.0. The molecule has 18 heavy (non-hydrogen) atoms. The van der Waals surface area contributed by atoms with Gasteiger partial charge in [-0.15, -0.1) is 0 Å². The van der Waals surface area contributed by atoms with Crippen molar-refractivity contribution in [2.75, 3.05) is 0 Å². The Hall–Kier alpha value is -0.890. The lowest BCUT2D eigenvalue weighted by atomic mass is 10.1. The van der Waals surface area contributed by atoms with Gasteiger partial charge in [-0.25, -0.2) is 0 Å². The summed E-state index contributed by atoms with van der Waals surface area (Å²) in [5.74, 6) is 0.786. The van der Waals surface area contributed by atoms with Crippen LogP contribution in [-0.4, -0.2) is 25.1 Å². The molecule has 0 aliphatic heterocycles. The highest BCUT2D eigenvalue weighted by atomic mass is 127. The van der Waals surface area contributed by atoms with E-state index in [1.165, 1.54) is 12.8 Å². The molecular weight excluding hydrogens is 343 g/mol. The first-order chi connectivity index (χ1) is 8.78. The van der Waals surface area contributed by atoms with E-state index in [-0.39, 0.29) is 0 Å². The van der Waals surface area contributed by atoms with Gasteiger partial charge in [0, 0.05) is 34.5 Å². The first kappa shape index (κ1) is 12.2. The van der Waals surface area contributed by atoms with Crippen molar-refractivity contribution in [3.05, 3.63) is 35.4 Å². The van der Waals surface area contributed by atoms with Crippen LogP contribution in [0.1, 0.15) is 35.8 Å². The largest absolute Gasteiger partial charge is 0.383 e. The van der Waals surface area contributed by atoms with Gasteiger partial charge in [0.05, 0.1) is 11.9 Å². The van der Waals surface area contributed by atoms with Gasteiger partial charge in [0.2, 0.25) is 0 Å². The molecule has 0 saturated heterocycles. The highest BCUT2D eigenvalue weighted by Crippen LogP contribution is 2.31. The zero-order valence-electron chi connectivity index (χ0n) is 9.88. The molecule has 0 aromatic carbocycles. The van der Waals surface area contributed by atoms with Gasteiger partial charge in [0.1, 0.15) is 6.10 Å². The van der Waals surface area contributed by atoms with Crippen LogP contribution in [0.15, 0.2) is 18.6 Å². The van der Waals surface area contributed by atoms with E-state index in [9.17, 15) is 5.11 Å². The van der Waals surface area contributed by atoms with Gasteiger partial charge >= 0.3 is 0 Å². The van der Waals surface area contributed by atoms with Crippen molar-refractivity contribution >= 4 is 22.6 Å². The van der Waals surface area contributed by atoms with E-state index in [1.807, 2.05) is 10.9 Å². The monoisotopic (exact) mass is 358 g/mol. The zero-order valence-corrected chi connectivity index (χ0v) is 12.0. The molecule has 2 aromatic rings. The van der Waals surface area contributed by atoms with Crippen LogP contribution >= 0.6 is 22.6 Å². The van der Waals surface area contributed by atoms with Crippen molar-refractivity contribution in [3.63, 3.8) is 0 Å². The van der Waals surface area contributed by atoms with Crippen molar-refractivity contribution < 1.29 is 5.11 Å². The number of halogens is 1. The van der Waals surface area contributed by atoms with E-state index < -0.39 is 6.10 Å². The summed E-state index contributed by atoms with van der Waals surface area (Å²) in [6.45, 7) is 0.969. The molecule has 5 nitrogen and oxygen atoms in total. The molecule has 0 radical (unpaired) electrons. The highest BCUT2D eigenvalue weighted by Gasteiger charge is 2.23. The highest BCUT2D eigenvalue weighted by molar-refractivity contribution is 14.1. The first-order valence-corrected chi connectivity index (χ1v) is 7.59. The van der Waals surface area contributed by atoms with E-state index >= 15 is 0 Å². The Balaban J connectivity index is 1.78. The molecular formula is C12H15IN4O. The summed E-state index contributed by atoms with van der Waals surface area (Å²) in [5, 5.41) is 21.6. The molecule has 1 aliphatic rings. The van der Waals surface area contributed by atoms with E-state index in [0.29, 0.717) is 0 Å². The molecule has 0 amide bonds. The molecule has 0 spiro atoms. The maximum atomic E-state index is 10.3. The fourth-order valence-corrected chi connectivity index (χ4v) is 2.65. The minimum Gasteiger partial charge on any atom is -0.383 e. The van der Waals surface area contributed by atoms with Crippen LogP contribution in [0.2, 0.25) is 0 Å². The number of hydrogen-bond donors (Lipinski definition) is 2. The topological polar surface area (TPSA) is 66.7 Å². The number of aliphatic hydroxyl groups excluding tert-OH is 1. The van der Waals surface area contributed by atoms with Crippen molar-refractivity contribution in [2.45, 2.75) is 29.9 Å². The van der Waals surface area contributed by atoms with Gasteiger partial charge < -0.3 is 5.11 Å². The van der Waals surface area contributed by atoms with E-state index in [0.717, 1.165) is 33.7 Å². The third-order valence-electron chi connectivity index (χ3n) is 3.29. The fourth-order valence-electron chi connectivity index (χ4n) is 2.04. The molecule has 1 unspecified atom stereocenters. The third kappa shape index (κ3) is 2.44. The Labute approximate surface area is 119 Å². The number of rotatable bonds is 5. The van der Waals surface area contributed by atoms with Gasteiger partial charge in [-0.2, -0.15) is 10.2 Å². The summed E-state index contributed by atoms with van der Waals surface area (Å²) in [5.41, 5.74) is 2.58. The number of aromatic amines is 1. The van der Waals surface area contributed by atoms with Gasteiger partial charge in [0.15, 0.2) is 0 Å². The average molecular weight is 358 g/mol. The maximum Gasteiger partial charge on any atom is 0.110 e. The molecule has 2 N–H and O–H groups in total. The van der Waals surface area contributed by atoms with Crippen LogP contribution in [0.25, 0.3) is 0 Å². The molecule has 3 rings (SSSR count). The van der Waals surface area contributed by atoms with E-state index in [4.69, 9.17) is 0 Å². The number of nitrogens with zero attached hydrogens (tertiary/aromatic N) is 3. The van der Waals surface area contributed by atoms with Gasteiger partial charge in [-0.1, -0.05) is 22.6 Å². The van der Waals surface area contributed by atoms with Crippen LogP contribution in [-0.2, 0) is 11.0 Å². The quantitative estimate of drug-likeness (QED) is 0.635. The standard InChI is InChI=1S/C12H15IN4O/c13-3-11-10(5-14-16-11)12(18)9-4-15-17(7-9)6-8-1-2-8/h4-5,7-8,12,18H,1-3,6H2,(H,14,16). The lowest BCUT2D eigenvalue weighted by molar-refractivity contribution is 0.219. The Morgan fingerprint density at radius 3 is 3.11 bits per heavy atom. The van der Waals surface area contributed by atoms with Gasteiger partial charge in [0.25, 0.3) is 0 Å². The molecule has 6 heteroatoms. The zero-order chi connectivity index (χ0) is 12.5. The Morgan fingerprint density at radius 2 is 2.39 bits per heavy atom. The molecule has 1 aliphatic carbocycles. The van der Waals surface area contributed by atoms with E-state index in [1.54, 1.807) is 12.4 Å². The predicted molar refractivity (Wildman–Crippen MR) is 75.3 cm³/mol. The second-order valence-electron chi connectivity index (χ2n) is 4.76. The minimum atomic E-state index is -0.638. The lowest BCUT2D eigenvalue weighted by Gasteiger charge is -2.07. The summed E-state index contributed by atoms with van der Waals surface area (Å²) in [6, 6.07) is 0. The number of aliphatic hydroxyl groups is 1. The molecule has 1 saturated carbocycles. The van der Waals surface area contributed by atoms with Crippen molar-refractivity contribution in [2.24, 2.45) is 5.92 Å². The Bertz CT molecular complexity index is 532. The molecule has 0 bridgehead atoms. The van der Waals surface area contributed by atoms with Crippen LogP contribution in [0.5, 0.6) is 0 Å². The fraction of sp³-hybridized carbons (Fsp3) is 0.500. The summed E-state index contributed by atoms with van der Waals surface area (Å²) < 4.78 is 2.71. The van der Waals surface area contributed by atoms with E-state index in [2.05, 4.69) is 37.9 Å². The molecule has 1 atom stereocenters.